The van der Waals surface area contributed by atoms with Gasteiger partial charge in [-0.2, -0.15) is 41.9 Å². The van der Waals surface area contributed by atoms with Gasteiger partial charge >= 0.3 is 7.05 Å². The Labute approximate surface area is 142 Å². The predicted octanol–water partition coefficient (Wildman–Crippen LogP) is 2.86. The van der Waals surface area contributed by atoms with Gasteiger partial charge in [0.05, 0.1) is 0 Å². The van der Waals surface area contributed by atoms with Crippen molar-refractivity contribution in [2.75, 3.05) is 6.61 Å². The van der Waals surface area contributed by atoms with Crippen molar-refractivity contribution in [2.45, 2.75) is 6.04 Å². The van der Waals surface area contributed by atoms with Crippen LogP contribution in [0.1, 0.15) is 11.6 Å². The van der Waals surface area contributed by atoms with Crippen LogP contribution in [-0.2, 0) is 21.7 Å². The van der Waals surface area contributed by atoms with Crippen molar-refractivity contribution in [3.8, 4) is 0 Å². The summed E-state index contributed by atoms with van der Waals surface area (Å²) < 4.78 is 5.75. The Morgan fingerprint density at radius 3 is 2.32 bits per heavy atom. The van der Waals surface area contributed by atoms with Crippen LogP contribution in [0.5, 0.6) is 0 Å². The van der Waals surface area contributed by atoms with Gasteiger partial charge in [0, 0.05) is 29.7 Å². The Morgan fingerprint density at radius 2 is 1.73 bits per heavy atom. The van der Waals surface area contributed by atoms with E-state index in [4.69, 9.17) is 4.65 Å². The second kappa shape index (κ2) is 8.77. The molecule has 114 valence electrons. The molecule has 1 aliphatic rings. The topological polar surface area (TPSA) is 21.3 Å². The minimum atomic E-state index is 0. The van der Waals surface area contributed by atoms with Gasteiger partial charge in [0.15, 0.2) is 0 Å². The van der Waals surface area contributed by atoms with E-state index in [1.807, 2.05) is 48.5 Å². The van der Waals surface area contributed by atoms with Crippen LogP contribution < -0.4 is 10.7 Å². The molecule has 0 aromatic heterocycles. The number of hydrogen-bond donors (Lipinski definition) is 1. The van der Waals surface area contributed by atoms with Crippen molar-refractivity contribution in [3.05, 3.63) is 90.5 Å². The number of benzene rings is 1. The molecule has 0 saturated carbocycles. The van der Waals surface area contributed by atoms with E-state index < -0.39 is 0 Å². The van der Waals surface area contributed by atoms with E-state index >= 15 is 0 Å². The van der Waals surface area contributed by atoms with E-state index in [0.717, 1.165) is 6.61 Å². The average molecular weight is 331 g/mol. The van der Waals surface area contributed by atoms with Crippen molar-refractivity contribution in [2.24, 2.45) is 0 Å². The van der Waals surface area contributed by atoms with Crippen LogP contribution in [0.15, 0.2) is 84.9 Å². The molecule has 1 saturated heterocycles. The second-order valence-corrected chi connectivity index (χ2v) is 5.02. The zero-order valence-corrected chi connectivity index (χ0v) is 13.3. The number of hydrogen-bond acceptors (Lipinski definition) is 2. The Kier molecular flexibility index (Phi) is 6.69. The molecule has 3 aromatic carbocycles. The third kappa shape index (κ3) is 4.46. The maximum atomic E-state index is 5.75. The summed E-state index contributed by atoms with van der Waals surface area (Å²) in [5.74, 6) is 0. The molecule has 3 aromatic rings. The third-order valence-corrected chi connectivity index (χ3v) is 3.53. The zero-order valence-electron chi connectivity index (χ0n) is 12.2. The summed E-state index contributed by atoms with van der Waals surface area (Å²) in [6.07, 6.45) is 0. The van der Waals surface area contributed by atoms with Crippen LogP contribution in [0.3, 0.4) is 0 Å². The van der Waals surface area contributed by atoms with Crippen LogP contribution in [-0.4, -0.2) is 13.7 Å². The summed E-state index contributed by atoms with van der Waals surface area (Å²) in [6.45, 7) is 0.736. The Morgan fingerprint density at radius 1 is 0.955 bits per heavy atom. The van der Waals surface area contributed by atoms with Gasteiger partial charge in [-0.3, -0.25) is 0 Å². The van der Waals surface area contributed by atoms with Crippen LogP contribution in [0.25, 0.3) is 0 Å². The summed E-state index contributed by atoms with van der Waals surface area (Å²) in [5, 5.41) is 3.49. The van der Waals surface area contributed by atoms with Crippen LogP contribution in [0.4, 0.5) is 0 Å². The normalized spacial score (nSPS) is 16.5. The molecule has 1 atom stereocenters. The minimum absolute atomic E-state index is 0. The van der Waals surface area contributed by atoms with Crippen molar-refractivity contribution < 1.29 is 21.7 Å². The maximum absolute atomic E-state index is 5.75. The second-order valence-electron chi connectivity index (χ2n) is 5.02. The molecule has 4 rings (SSSR count). The number of nitrogens with one attached hydrogen (secondary N) is 1. The molecule has 0 amide bonds. The molecule has 0 spiro atoms. The van der Waals surface area contributed by atoms with Gasteiger partial charge < -0.3 is 9.88 Å². The molecule has 22 heavy (non-hydrogen) atoms. The maximum Gasteiger partial charge on any atom is 0.330 e. The van der Waals surface area contributed by atoms with E-state index in [2.05, 4.69) is 41.6 Å². The Hall–Kier alpha value is -1.58. The van der Waals surface area contributed by atoms with Gasteiger partial charge in [-0.1, -0.05) is 30.3 Å². The molecule has 2 nitrogen and oxygen atoms in total. The van der Waals surface area contributed by atoms with E-state index in [1.54, 1.807) is 0 Å². The fraction of sp³-hybridized carbons (Fsp3) is 0.111. The summed E-state index contributed by atoms with van der Waals surface area (Å²) in [7, 11) is 0.0419. The van der Waals surface area contributed by atoms with Crippen molar-refractivity contribution in [1.29, 1.82) is 0 Å². The molecular weight excluding hydrogens is 313 g/mol. The standard InChI is InChI=1S/C13H13BNO.C5H5.Fe/c1-2-6-11(7-3-1)13-10-16-14(15-13)12-8-4-5-9-12;1-2-4-5-3-1;/h1-9,13,15H,10H2;1-5H;/q2*-1;. The van der Waals surface area contributed by atoms with E-state index in [0.29, 0.717) is 6.04 Å². The molecule has 0 bridgehead atoms. The van der Waals surface area contributed by atoms with Crippen LogP contribution in [0.2, 0.25) is 0 Å². The Balaban J connectivity index is 0.000000253. The molecule has 0 radical (unpaired) electrons. The first-order chi connectivity index (χ1) is 10.4. The zero-order chi connectivity index (χ0) is 14.3. The average Bonchev–Trinajstić information content (AvgIpc) is 3.30. The van der Waals surface area contributed by atoms with Crippen LogP contribution in [0, 0.1) is 0 Å². The monoisotopic (exact) mass is 331 g/mol. The summed E-state index contributed by atoms with van der Waals surface area (Å²) in [4.78, 5) is 0. The van der Waals surface area contributed by atoms with Crippen LogP contribution >= 0.6 is 0 Å². The molecule has 1 heterocycles. The summed E-state index contributed by atoms with van der Waals surface area (Å²) in [5.41, 5.74) is 2.50. The summed E-state index contributed by atoms with van der Waals surface area (Å²) >= 11 is 0. The largest absolute Gasteiger partial charge is 0.427 e. The third-order valence-electron chi connectivity index (χ3n) is 3.53. The van der Waals surface area contributed by atoms with Gasteiger partial charge in [0.1, 0.15) is 0 Å². The molecule has 1 N–H and O–H groups in total. The van der Waals surface area contributed by atoms with Gasteiger partial charge in [-0.05, 0) is 5.56 Å². The van der Waals surface area contributed by atoms with Crippen molar-refractivity contribution >= 4 is 12.5 Å². The molecule has 1 fully saturated rings. The Bertz CT molecular complexity index is 593. The van der Waals surface area contributed by atoms with Gasteiger partial charge in [0.2, 0.25) is 0 Å². The number of rotatable bonds is 2. The SMILES string of the molecule is [Fe].c1cc[cH-]c1.c1ccc(C2COB(c3cc[cH-]c3)N2)cc1. The van der Waals surface area contributed by atoms with Crippen molar-refractivity contribution in [1.82, 2.24) is 5.23 Å². The molecule has 0 aliphatic carbocycles. The fourth-order valence-corrected chi connectivity index (χ4v) is 2.43. The van der Waals surface area contributed by atoms with E-state index in [-0.39, 0.29) is 24.1 Å². The summed E-state index contributed by atoms with van der Waals surface area (Å²) in [6, 6.07) is 29.0. The molecular formula is C18H18BFeNO-2. The molecule has 1 aliphatic heterocycles. The first-order valence-electron chi connectivity index (χ1n) is 7.24. The van der Waals surface area contributed by atoms with E-state index in [1.165, 1.54) is 11.0 Å². The fourth-order valence-electron chi connectivity index (χ4n) is 2.43. The molecule has 1 unspecified atom stereocenters. The predicted molar refractivity (Wildman–Crippen MR) is 87.7 cm³/mol. The minimum Gasteiger partial charge on any atom is -0.427 e. The van der Waals surface area contributed by atoms with Gasteiger partial charge in [-0.25, -0.2) is 18.2 Å². The molecule has 4 heteroatoms. The smallest absolute Gasteiger partial charge is 0.330 e. The van der Waals surface area contributed by atoms with E-state index in [9.17, 15) is 0 Å². The van der Waals surface area contributed by atoms with Gasteiger partial charge in [0.25, 0.3) is 0 Å². The quantitative estimate of drug-likeness (QED) is 0.576. The first kappa shape index (κ1) is 16.8. The van der Waals surface area contributed by atoms with Gasteiger partial charge in [-0.15, -0.1) is 0 Å². The van der Waals surface area contributed by atoms with Crippen molar-refractivity contribution in [3.63, 3.8) is 0 Å². The first-order valence-corrected chi connectivity index (χ1v) is 7.24.